The predicted octanol–water partition coefficient (Wildman–Crippen LogP) is 2.83. The van der Waals surface area contributed by atoms with Crippen LogP contribution in [0.1, 0.15) is 27.3 Å². The Kier molecular flexibility index (Phi) is 4.52. The molecule has 25 heavy (non-hydrogen) atoms. The molecule has 0 unspecified atom stereocenters. The number of benzene rings is 1. The first-order valence-electron chi connectivity index (χ1n) is 7.76. The summed E-state index contributed by atoms with van der Waals surface area (Å²) in [5.74, 6) is -0.0435. The van der Waals surface area contributed by atoms with Gasteiger partial charge in [0.1, 0.15) is 11.4 Å². The standard InChI is InChI=1S/C19H18N2O4/c1-11-6-7-20-16(8-11)19(23)18-14(10-17(22)25-3)13-9-12(24-2)4-5-15(13)21-18/h4-9,21H,10H2,1-3H3. The number of nitrogens with zero attached hydrogens (tertiary/aromatic N) is 1. The lowest BCUT2D eigenvalue weighted by Gasteiger charge is -2.05. The smallest absolute Gasteiger partial charge is 0.310 e. The Labute approximate surface area is 144 Å². The highest BCUT2D eigenvalue weighted by atomic mass is 16.5. The first kappa shape index (κ1) is 16.7. The zero-order valence-electron chi connectivity index (χ0n) is 14.3. The molecule has 0 aliphatic carbocycles. The Morgan fingerprint density at radius 1 is 1.16 bits per heavy atom. The van der Waals surface area contributed by atoms with E-state index >= 15 is 0 Å². The molecule has 1 N–H and O–H groups in total. The highest BCUT2D eigenvalue weighted by molar-refractivity contribution is 6.11. The van der Waals surface area contributed by atoms with Gasteiger partial charge in [-0.3, -0.25) is 14.6 Å². The zero-order chi connectivity index (χ0) is 18.0. The van der Waals surface area contributed by atoms with Crippen molar-refractivity contribution in [3.63, 3.8) is 0 Å². The molecule has 128 valence electrons. The summed E-state index contributed by atoms with van der Waals surface area (Å²) in [5.41, 5.74) is 2.92. The molecule has 1 aromatic carbocycles. The minimum absolute atomic E-state index is 0.0173. The number of aryl methyl sites for hydroxylation is 1. The second-order valence-electron chi connectivity index (χ2n) is 5.69. The van der Waals surface area contributed by atoms with Gasteiger partial charge >= 0.3 is 5.97 Å². The van der Waals surface area contributed by atoms with E-state index < -0.39 is 5.97 Å². The van der Waals surface area contributed by atoms with Gasteiger partial charge in [0.25, 0.3) is 0 Å². The third kappa shape index (κ3) is 3.24. The van der Waals surface area contributed by atoms with E-state index in [-0.39, 0.29) is 12.2 Å². The number of nitrogens with one attached hydrogen (secondary N) is 1. The molecule has 2 heterocycles. The Morgan fingerprint density at radius 3 is 2.64 bits per heavy atom. The van der Waals surface area contributed by atoms with E-state index in [1.807, 2.05) is 19.1 Å². The van der Waals surface area contributed by atoms with Gasteiger partial charge in [0, 0.05) is 22.7 Å². The van der Waals surface area contributed by atoms with E-state index in [4.69, 9.17) is 9.47 Å². The number of aromatic amines is 1. The number of esters is 1. The van der Waals surface area contributed by atoms with Crippen molar-refractivity contribution in [2.75, 3.05) is 14.2 Å². The van der Waals surface area contributed by atoms with E-state index in [1.54, 1.807) is 31.5 Å². The van der Waals surface area contributed by atoms with E-state index in [9.17, 15) is 9.59 Å². The molecule has 0 bridgehead atoms. The third-order valence-corrected chi connectivity index (χ3v) is 4.04. The van der Waals surface area contributed by atoms with Crippen LogP contribution in [-0.4, -0.2) is 35.9 Å². The summed E-state index contributed by atoms with van der Waals surface area (Å²) in [7, 11) is 2.89. The number of ether oxygens (including phenoxy) is 2. The maximum Gasteiger partial charge on any atom is 0.310 e. The largest absolute Gasteiger partial charge is 0.497 e. The maximum absolute atomic E-state index is 12.9. The van der Waals surface area contributed by atoms with Gasteiger partial charge in [0.2, 0.25) is 5.78 Å². The molecule has 0 amide bonds. The quantitative estimate of drug-likeness (QED) is 0.571. The second kappa shape index (κ2) is 6.76. The Balaban J connectivity index is 2.17. The number of carbonyl (C=O) groups excluding carboxylic acids is 2. The van der Waals surface area contributed by atoms with Crippen molar-refractivity contribution in [1.29, 1.82) is 0 Å². The van der Waals surface area contributed by atoms with E-state index in [2.05, 4.69) is 9.97 Å². The van der Waals surface area contributed by atoms with Gasteiger partial charge in [-0.1, -0.05) is 0 Å². The van der Waals surface area contributed by atoms with E-state index in [0.717, 1.165) is 16.5 Å². The van der Waals surface area contributed by atoms with Crippen molar-refractivity contribution in [2.24, 2.45) is 0 Å². The summed E-state index contributed by atoms with van der Waals surface area (Å²) < 4.78 is 10.0. The lowest BCUT2D eigenvalue weighted by molar-refractivity contribution is -0.139. The fourth-order valence-corrected chi connectivity index (χ4v) is 2.74. The molecule has 0 atom stereocenters. The van der Waals surface area contributed by atoms with Crippen LogP contribution in [0.15, 0.2) is 36.5 Å². The topological polar surface area (TPSA) is 81.3 Å². The molecule has 2 aromatic heterocycles. The van der Waals surface area contributed by atoms with Crippen molar-refractivity contribution in [2.45, 2.75) is 13.3 Å². The molecule has 0 aliphatic rings. The van der Waals surface area contributed by atoms with Gasteiger partial charge < -0.3 is 14.5 Å². The van der Waals surface area contributed by atoms with Gasteiger partial charge in [-0.05, 0) is 42.8 Å². The molecule has 0 saturated carbocycles. The number of rotatable bonds is 5. The van der Waals surface area contributed by atoms with E-state index in [0.29, 0.717) is 22.7 Å². The molecule has 0 spiro atoms. The normalized spacial score (nSPS) is 10.7. The number of ketones is 1. The molecule has 3 aromatic rings. The average Bonchev–Trinajstić information content (AvgIpc) is 2.98. The summed E-state index contributed by atoms with van der Waals surface area (Å²) in [4.78, 5) is 32.0. The minimum Gasteiger partial charge on any atom is -0.497 e. The lowest BCUT2D eigenvalue weighted by atomic mass is 10.0. The van der Waals surface area contributed by atoms with Crippen LogP contribution in [0, 0.1) is 6.92 Å². The van der Waals surface area contributed by atoms with E-state index in [1.165, 1.54) is 7.11 Å². The van der Waals surface area contributed by atoms with Crippen molar-refractivity contribution < 1.29 is 19.1 Å². The number of hydrogen-bond acceptors (Lipinski definition) is 5. The molecule has 0 aliphatic heterocycles. The molecule has 6 heteroatoms. The number of carbonyl (C=O) groups is 2. The summed E-state index contributed by atoms with van der Waals surface area (Å²) in [6.07, 6.45) is 1.57. The molecular weight excluding hydrogens is 320 g/mol. The predicted molar refractivity (Wildman–Crippen MR) is 93.0 cm³/mol. The van der Waals surface area contributed by atoms with Gasteiger partial charge in [0.15, 0.2) is 0 Å². The first-order valence-corrected chi connectivity index (χ1v) is 7.76. The molecule has 6 nitrogen and oxygen atoms in total. The van der Waals surface area contributed by atoms with Crippen LogP contribution in [0.4, 0.5) is 0 Å². The highest BCUT2D eigenvalue weighted by Crippen LogP contribution is 2.28. The summed E-state index contributed by atoms with van der Waals surface area (Å²) in [6.45, 7) is 1.89. The number of pyridine rings is 1. The minimum atomic E-state index is -0.421. The van der Waals surface area contributed by atoms with Crippen molar-refractivity contribution in [1.82, 2.24) is 9.97 Å². The van der Waals surface area contributed by atoms with Crippen molar-refractivity contribution in [3.8, 4) is 5.75 Å². The number of aromatic nitrogens is 2. The number of H-pyrrole nitrogens is 1. The maximum atomic E-state index is 12.9. The lowest BCUT2D eigenvalue weighted by Crippen LogP contribution is -2.11. The molecule has 0 fully saturated rings. The number of methoxy groups -OCH3 is 2. The zero-order valence-corrected chi connectivity index (χ0v) is 14.3. The van der Waals surface area contributed by atoms with Crippen LogP contribution < -0.4 is 4.74 Å². The Bertz CT molecular complexity index is 959. The fourth-order valence-electron chi connectivity index (χ4n) is 2.74. The van der Waals surface area contributed by atoms with Crippen LogP contribution >= 0.6 is 0 Å². The third-order valence-electron chi connectivity index (χ3n) is 4.04. The molecule has 0 saturated heterocycles. The van der Waals surface area contributed by atoms with Crippen molar-refractivity contribution >= 4 is 22.7 Å². The monoisotopic (exact) mass is 338 g/mol. The van der Waals surface area contributed by atoms with Gasteiger partial charge in [-0.2, -0.15) is 0 Å². The molecule has 0 radical (unpaired) electrons. The summed E-state index contributed by atoms with van der Waals surface area (Å²) in [5, 5.41) is 0.751. The van der Waals surface area contributed by atoms with Gasteiger partial charge in [-0.15, -0.1) is 0 Å². The van der Waals surface area contributed by atoms with Crippen LogP contribution in [-0.2, 0) is 16.0 Å². The van der Waals surface area contributed by atoms with Crippen LogP contribution in [0.5, 0.6) is 5.75 Å². The SMILES string of the molecule is COC(=O)Cc1c(C(=O)c2cc(C)ccn2)[nH]c2ccc(OC)cc12. The molecule has 3 rings (SSSR count). The van der Waals surface area contributed by atoms with Crippen LogP contribution in [0.25, 0.3) is 10.9 Å². The van der Waals surface area contributed by atoms with Crippen molar-refractivity contribution in [3.05, 3.63) is 59.0 Å². The van der Waals surface area contributed by atoms with Gasteiger partial charge in [-0.25, -0.2) is 0 Å². The molecular formula is C19H18N2O4. The fraction of sp³-hybridized carbons (Fsp3) is 0.211. The highest BCUT2D eigenvalue weighted by Gasteiger charge is 2.22. The Hall–Kier alpha value is -3.15. The second-order valence-corrected chi connectivity index (χ2v) is 5.69. The van der Waals surface area contributed by atoms with Gasteiger partial charge in [0.05, 0.1) is 26.3 Å². The Morgan fingerprint density at radius 2 is 1.96 bits per heavy atom. The average molecular weight is 338 g/mol. The first-order chi connectivity index (χ1) is 12.0. The number of fused-ring (bicyclic) bond motifs is 1. The number of hydrogen-bond donors (Lipinski definition) is 1. The summed E-state index contributed by atoms with van der Waals surface area (Å²) in [6, 6.07) is 8.94. The summed E-state index contributed by atoms with van der Waals surface area (Å²) >= 11 is 0. The van der Waals surface area contributed by atoms with Crippen LogP contribution in [0.2, 0.25) is 0 Å². The van der Waals surface area contributed by atoms with Crippen LogP contribution in [0.3, 0.4) is 0 Å².